The minimum Gasteiger partial charge on any atom is -0.494 e. The van der Waals surface area contributed by atoms with E-state index in [2.05, 4.69) is 54.1 Å². The molecule has 14 heteroatoms. The lowest BCUT2D eigenvalue weighted by molar-refractivity contribution is -0.145. The molecule has 3 aromatic carbocycles. The normalized spacial score (nSPS) is 20.7. The van der Waals surface area contributed by atoms with E-state index in [0.29, 0.717) is 5.92 Å². The summed E-state index contributed by atoms with van der Waals surface area (Å²) in [5.41, 5.74) is 4.00. The minimum atomic E-state index is -0.331. The van der Waals surface area contributed by atoms with Crippen LogP contribution in [0, 0.1) is 17.3 Å². The van der Waals surface area contributed by atoms with Crippen molar-refractivity contribution >= 4 is 53.9 Å². The maximum Gasteiger partial charge on any atom is 0.331 e. The molecule has 0 saturated heterocycles. The monoisotopic (exact) mass is 1300 g/mol. The first-order valence-electron chi connectivity index (χ1n) is 36.5. The summed E-state index contributed by atoms with van der Waals surface area (Å²) < 4.78 is 28.3. The third kappa shape index (κ3) is 30.8. The summed E-state index contributed by atoms with van der Waals surface area (Å²) >= 11 is 0. The number of unbranched alkanes of at least 4 members (excludes halogenated alkanes) is 7. The molecule has 2 unspecified atom stereocenters. The maximum atomic E-state index is 12.3. The molecule has 0 heterocycles. The van der Waals surface area contributed by atoms with Gasteiger partial charge in [-0.1, -0.05) is 175 Å². The molecule has 3 N–H and O–H groups in total. The second kappa shape index (κ2) is 44.1. The van der Waals surface area contributed by atoms with E-state index >= 15 is 0 Å². The molecular weight excluding hydrogens is 1180 g/mol. The van der Waals surface area contributed by atoms with Gasteiger partial charge in [-0.05, 0) is 193 Å². The summed E-state index contributed by atoms with van der Waals surface area (Å²) in [5.74, 6) is 1.96. The van der Waals surface area contributed by atoms with Gasteiger partial charge >= 0.3 is 17.9 Å². The predicted octanol–water partition coefficient (Wildman–Crippen LogP) is 17.9. The van der Waals surface area contributed by atoms with Crippen LogP contribution in [-0.2, 0) is 43.0 Å². The molecular formula is C80H119N3O11. The highest BCUT2D eigenvalue weighted by molar-refractivity contribution is 5.88. The highest BCUT2D eigenvalue weighted by atomic mass is 16.6. The Hall–Kier alpha value is -6.70. The van der Waals surface area contributed by atoms with Crippen LogP contribution in [0.1, 0.15) is 277 Å². The quantitative estimate of drug-likeness (QED) is 0.0234. The fraction of sp³-hybridized carbons (Fsp3) is 0.625. The molecule has 4 fully saturated rings. The first-order valence-corrected chi connectivity index (χ1v) is 36.5. The van der Waals surface area contributed by atoms with Crippen LogP contribution in [0.25, 0.3) is 18.2 Å². The van der Waals surface area contributed by atoms with Crippen molar-refractivity contribution in [3.05, 3.63) is 113 Å². The van der Waals surface area contributed by atoms with E-state index in [1.54, 1.807) is 12.2 Å². The molecule has 14 nitrogen and oxygen atoms in total. The van der Waals surface area contributed by atoms with Gasteiger partial charge in [0.2, 0.25) is 17.7 Å². The lowest BCUT2D eigenvalue weighted by Crippen LogP contribution is -2.45. The second-order valence-corrected chi connectivity index (χ2v) is 27.4. The highest BCUT2D eigenvalue weighted by Gasteiger charge is 2.31. The standard InChI is InChI=1S/C27H41NO4.C27H39NO3.C26H39NO4/c1-4-6-7-8-9-20-31-24-15-10-22(11-16-24)12-19-26(29)32-25-17-13-23(14-18-25)28-27(30)21(3)5-2;1-4-27(2,3)26(30)28-23-15-17-24(18-16-23)31-25(29)19-12-20-10-13-22(14-11-20)21-8-6-5-7-9-21;1-4-6-7-8-19-30-23-14-9-21(10-15-23)11-18-25(28)31-24-16-12-22(13-17-24)27-26(29)20(3)5-2/h10-12,15-16,19,21,23,25H,4-9,13-14,17-18,20H2,1-3H3,(H,28,30);10-14,19,21,23-24H,4-9,15-18H2,1-3H3,(H,28,30);9-11,14-15,18,20,22,24H,4-8,12-13,16-17,19H2,1-3H3,(H,27,29)/b2*19-12+;18-11+. The van der Waals surface area contributed by atoms with E-state index in [4.69, 9.17) is 23.7 Å². The summed E-state index contributed by atoms with van der Waals surface area (Å²) in [6.07, 6.45) is 39.6. The molecule has 94 heavy (non-hydrogen) atoms. The average molecular weight is 1300 g/mol. The zero-order valence-electron chi connectivity index (χ0n) is 59.0. The number of carbonyl (C=O) groups excluding carboxylic acids is 6. The van der Waals surface area contributed by atoms with Crippen LogP contribution < -0.4 is 25.4 Å². The molecule has 0 bridgehead atoms. The SMILES string of the molecule is CCC(C)(C)C(=O)NC1CCC(OC(=O)/C=C/c2ccc(C3CCCCC3)cc2)CC1.CCCCCCCOc1ccc(/C=C/C(=O)OC2CCC(NC(=O)C(C)CC)CC2)cc1.CCCCCCOc1ccc(/C=C/C(=O)OC2CCC(NC(=O)C(C)CC)CC2)cc1. The third-order valence-electron chi connectivity index (χ3n) is 19.3. The largest absolute Gasteiger partial charge is 0.494 e. The summed E-state index contributed by atoms with van der Waals surface area (Å²) in [5, 5.41) is 9.39. The van der Waals surface area contributed by atoms with Gasteiger partial charge in [0.15, 0.2) is 0 Å². The van der Waals surface area contributed by atoms with Crippen molar-refractivity contribution < 1.29 is 52.5 Å². The Bertz CT molecular complexity index is 2740. The van der Waals surface area contributed by atoms with E-state index in [-0.39, 0.29) is 89.3 Å². The van der Waals surface area contributed by atoms with E-state index in [1.807, 2.05) is 103 Å². The first-order chi connectivity index (χ1) is 45.4. The number of hydrogen-bond acceptors (Lipinski definition) is 11. The molecule has 3 aromatic rings. The van der Waals surface area contributed by atoms with E-state index in [9.17, 15) is 28.8 Å². The van der Waals surface area contributed by atoms with Crippen molar-refractivity contribution in [1.82, 2.24) is 16.0 Å². The molecule has 0 spiro atoms. The van der Waals surface area contributed by atoms with E-state index in [0.717, 1.165) is 151 Å². The molecule has 2 atom stereocenters. The number of esters is 3. The summed E-state index contributed by atoms with van der Waals surface area (Å²) in [6, 6.07) is 24.7. The highest BCUT2D eigenvalue weighted by Crippen LogP contribution is 2.33. The topological polar surface area (TPSA) is 185 Å². The van der Waals surface area contributed by atoms with Gasteiger partial charge in [0.1, 0.15) is 29.8 Å². The Morgan fingerprint density at radius 2 is 0.777 bits per heavy atom. The van der Waals surface area contributed by atoms with Crippen molar-refractivity contribution in [3.8, 4) is 11.5 Å². The van der Waals surface area contributed by atoms with Gasteiger partial charge in [0.25, 0.3) is 0 Å². The average Bonchev–Trinajstić information content (AvgIpc) is 1.98. The van der Waals surface area contributed by atoms with E-state index in [1.165, 1.54) is 101 Å². The Morgan fingerprint density at radius 1 is 0.436 bits per heavy atom. The smallest absolute Gasteiger partial charge is 0.331 e. The van der Waals surface area contributed by atoms with Crippen molar-refractivity contribution in [1.29, 1.82) is 0 Å². The molecule has 4 aliphatic rings. The summed E-state index contributed by atoms with van der Waals surface area (Å²) in [4.78, 5) is 73.0. The van der Waals surface area contributed by atoms with E-state index < -0.39 is 0 Å². The Labute approximate surface area is 565 Å². The molecule has 0 aliphatic heterocycles. The van der Waals surface area contributed by atoms with Crippen molar-refractivity contribution in [2.24, 2.45) is 17.3 Å². The lowest BCUT2D eigenvalue weighted by Gasteiger charge is -2.31. The number of amides is 3. The third-order valence-corrected chi connectivity index (χ3v) is 19.3. The van der Waals surface area contributed by atoms with Crippen molar-refractivity contribution in [2.45, 2.75) is 291 Å². The molecule has 0 radical (unpaired) electrons. The lowest BCUT2D eigenvalue weighted by atomic mass is 9.84. The Kier molecular flexibility index (Phi) is 36.6. The molecule has 4 saturated carbocycles. The van der Waals surface area contributed by atoms with Crippen LogP contribution in [0.15, 0.2) is 91.0 Å². The molecule has 0 aromatic heterocycles. The predicted molar refractivity (Wildman–Crippen MR) is 380 cm³/mol. The van der Waals surface area contributed by atoms with Crippen LogP contribution in [0.2, 0.25) is 0 Å². The molecule has 520 valence electrons. The number of carbonyl (C=O) groups is 6. The minimum absolute atomic E-state index is 0.0480. The number of benzene rings is 3. The van der Waals surface area contributed by atoms with Gasteiger partial charge in [-0.2, -0.15) is 0 Å². The van der Waals surface area contributed by atoms with Crippen molar-refractivity contribution in [3.63, 3.8) is 0 Å². The van der Waals surface area contributed by atoms with Gasteiger partial charge in [0.05, 0.1) is 13.2 Å². The van der Waals surface area contributed by atoms with Crippen LogP contribution in [0.5, 0.6) is 11.5 Å². The summed E-state index contributed by atoms with van der Waals surface area (Å²) in [6.45, 7) is 19.8. The van der Waals surface area contributed by atoms with Gasteiger partial charge in [-0.25, -0.2) is 14.4 Å². The molecule has 3 amide bonds. The van der Waals surface area contributed by atoms with Gasteiger partial charge in [-0.3, -0.25) is 14.4 Å². The van der Waals surface area contributed by atoms with Gasteiger partial charge in [-0.15, -0.1) is 0 Å². The number of rotatable bonds is 32. The number of hydrogen-bond donors (Lipinski definition) is 3. The Balaban J connectivity index is 0.000000255. The maximum absolute atomic E-state index is 12.3. The Morgan fingerprint density at radius 3 is 1.13 bits per heavy atom. The van der Waals surface area contributed by atoms with Gasteiger partial charge in [0, 0.05) is 53.6 Å². The van der Waals surface area contributed by atoms with Gasteiger partial charge < -0.3 is 39.6 Å². The molecule has 4 aliphatic carbocycles. The zero-order valence-corrected chi connectivity index (χ0v) is 59.0. The fourth-order valence-electron chi connectivity index (χ4n) is 12.0. The first kappa shape index (κ1) is 78.0. The van der Waals surface area contributed by atoms with Crippen LogP contribution in [0.3, 0.4) is 0 Å². The number of nitrogens with one attached hydrogen (secondary N) is 3. The van der Waals surface area contributed by atoms with Crippen LogP contribution in [-0.4, -0.2) is 85.3 Å². The van der Waals surface area contributed by atoms with Crippen LogP contribution in [0.4, 0.5) is 0 Å². The second-order valence-electron chi connectivity index (χ2n) is 27.4. The van der Waals surface area contributed by atoms with Crippen LogP contribution >= 0.6 is 0 Å². The molecule has 7 rings (SSSR count). The number of ether oxygens (including phenoxy) is 5. The zero-order chi connectivity index (χ0) is 67.9. The summed E-state index contributed by atoms with van der Waals surface area (Å²) in [7, 11) is 0. The van der Waals surface area contributed by atoms with Crippen molar-refractivity contribution in [2.75, 3.05) is 13.2 Å². The fourth-order valence-corrected chi connectivity index (χ4v) is 12.0.